The van der Waals surface area contributed by atoms with Crippen LogP contribution < -0.4 is 15.4 Å². The molecule has 23 heavy (non-hydrogen) atoms. The average Bonchev–Trinajstić information content (AvgIpc) is 3.06. The van der Waals surface area contributed by atoms with Crippen LogP contribution in [0.4, 0.5) is 17.3 Å². The van der Waals surface area contributed by atoms with E-state index in [2.05, 4.69) is 20.6 Å². The molecule has 6 heteroatoms. The molecule has 0 radical (unpaired) electrons. The van der Waals surface area contributed by atoms with E-state index in [1.54, 1.807) is 7.11 Å². The third-order valence-corrected chi connectivity index (χ3v) is 3.71. The number of aromatic nitrogens is 2. The topological polar surface area (TPSA) is 68.3 Å². The lowest BCUT2D eigenvalue weighted by molar-refractivity contribution is 0.120. The maximum Gasteiger partial charge on any atom is 0.136 e. The van der Waals surface area contributed by atoms with Crippen molar-refractivity contribution in [3.63, 3.8) is 0 Å². The van der Waals surface area contributed by atoms with Crippen LogP contribution in [0, 0.1) is 6.92 Å². The summed E-state index contributed by atoms with van der Waals surface area (Å²) in [5, 5.41) is 6.62. The highest BCUT2D eigenvalue weighted by atomic mass is 16.5. The highest BCUT2D eigenvalue weighted by Gasteiger charge is 2.15. The Kier molecular flexibility index (Phi) is 4.92. The van der Waals surface area contributed by atoms with Gasteiger partial charge >= 0.3 is 0 Å². The molecule has 6 nitrogen and oxygen atoms in total. The van der Waals surface area contributed by atoms with Crippen molar-refractivity contribution in [2.75, 3.05) is 30.9 Å². The van der Waals surface area contributed by atoms with E-state index in [9.17, 15) is 0 Å². The van der Waals surface area contributed by atoms with Gasteiger partial charge in [0.2, 0.25) is 0 Å². The molecule has 2 aromatic rings. The van der Waals surface area contributed by atoms with Crippen molar-refractivity contribution in [1.29, 1.82) is 0 Å². The van der Waals surface area contributed by atoms with Crippen molar-refractivity contribution >= 4 is 17.3 Å². The van der Waals surface area contributed by atoms with Crippen molar-refractivity contribution in [3.05, 3.63) is 36.2 Å². The summed E-state index contributed by atoms with van der Waals surface area (Å²) < 4.78 is 10.9. The highest BCUT2D eigenvalue weighted by molar-refractivity contribution is 5.60. The fourth-order valence-corrected chi connectivity index (χ4v) is 2.59. The zero-order valence-corrected chi connectivity index (χ0v) is 13.5. The Labute approximate surface area is 136 Å². The van der Waals surface area contributed by atoms with Crippen LogP contribution in [0.3, 0.4) is 0 Å². The zero-order chi connectivity index (χ0) is 16.1. The number of benzene rings is 1. The Bertz CT molecular complexity index is 657. The first-order valence-corrected chi connectivity index (χ1v) is 7.85. The van der Waals surface area contributed by atoms with E-state index in [4.69, 9.17) is 9.47 Å². The number of rotatable bonds is 6. The first kappa shape index (κ1) is 15.6. The minimum absolute atomic E-state index is 0.278. The third kappa shape index (κ3) is 4.32. The number of anilines is 3. The van der Waals surface area contributed by atoms with Crippen LogP contribution in [-0.4, -0.2) is 36.3 Å². The molecule has 0 spiro atoms. The highest BCUT2D eigenvalue weighted by Crippen LogP contribution is 2.22. The van der Waals surface area contributed by atoms with Gasteiger partial charge in [0, 0.05) is 31.0 Å². The molecule has 1 aromatic carbocycles. The largest absolute Gasteiger partial charge is 0.497 e. The van der Waals surface area contributed by atoms with Gasteiger partial charge in [0.1, 0.15) is 23.2 Å². The van der Waals surface area contributed by atoms with Crippen molar-refractivity contribution < 1.29 is 9.47 Å². The summed E-state index contributed by atoms with van der Waals surface area (Å²) in [5.74, 6) is 3.07. The summed E-state index contributed by atoms with van der Waals surface area (Å²) in [6.45, 7) is 3.51. The SMILES string of the molecule is COc1cccc(Nc2cc(NCC3CCCO3)nc(C)n2)c1. The van der Waals surface area contributed by atoms with Crippen LogP contribution in [-0.2, 0) is 4.74 Å². The Balaban J connectivity index is 1.68. The van der Waals surface area contributed by atoms with E-state index in [0.29, 0.717) is 5.82 Å². The molecule has 2 N–H and O–H groups in total. The van der Waals surface area contributed by atoms with Gasteiger partial charge in [-0.1, -0.05) is 6.07 Å². The van der Waals surface area contributed by atoms with Crippen LogP contribution in [0.2, 0.25) is 0 Å². The number of aryl methyl sites for hydroxylation is 1. The monoisotopic (exact) mass is 314 g/mol. The number of ether oxygens (including phenoxy) is 2. The van der Waals surface area contributed by atoms with Gasteiger partial charge < -0.3 is 20.1 Å². The lowest BCUT2D eigenvalue weighted by Gasteiger charge is -2.13. The van der Waals surface area contributed by atoms with Crippen molar-refractivity contribution in [3.8, 4) is 5.75 Å². The summed E-state index contributed by atoms with van der Waals surface area (Å²) in [4.78, 5) is 8.86. The molecule has 1 aliphatic heterocycles. The first-order valence-electron chi connectivity index (χ1n) is 7.85. The quantitative estimate of drug-likeness (QED) is 0.854. The van der Waals surface area contributed by atoms with Gasteiger partial charge in [-0.15, -0.1) is 0 Å². The molecular formula is C17H22N4O2. The number of hydrogen-bond donors (Lipinski definition) is 2. The first-order chi connectivity index (χ1) is 11.2. The molecule has 1 aromatic heterocycles. The molecule has 1 atom stereocenters. The van der Waals surface area contributed by atoms with Crippen molar-refractivity contribution in [2.24, 2.45) is 0 Å². The predicted molar refractivity (Wildman–Crippen MR) is 90.5 cm³/mol. The molecule has 0 amide bonds. The van der Waals surface area contributed by atoms with Crippen LogP contribution in [0.1, 0.15) is 18.7 Å². The smallest absolute Gasteiger partial charge is 0.136 e. The Morgan fingerprint density at radius 1 is 1.26 bits per heavy atom. The Hall–Kier alpha value is -2.34. The van der Waals surface area contributed by atoms with Crippen LogP contribution in [0.15, 0.2) is 30.3 Å². The van der Waals surface area contributed by atoms with Crippen molar-refractivity contribution in [1.82, 2.24) is 9.97 Å². The summed E-state index contributed by atoms with van der Waals surface area (Å²) in [5.41, 5.74) is 0.924. The molecule has 1 aliphatic rings. The molecule has 1 unspecified atom stereocenters. The molecular weight excluding hydrogens is 292 g/mol. The second-order valence-electron chi connectivity index (χ2n) is 5.56. The number of methoxy groups -OCH3 is 1. The van der Waals surface area contributed by atoms with Gasteiger partial charge in [0.25, 0.3) is 0 Å². The lowest BCUT2D eigenvalue weighted by Crippen LogP contribution is -2.19. The molecule has 2 heterocycles. The van der Waals surface area contributed by atoms with Gasteiger partial charge in [-0.2, -0.15) is 0 Å². The number of hydrogen-bond acceptors (Lipinski definition) is 6. The zero-order valence-electron chi connectivity index (χ0n) is 13.5. The van der Waals surface area contributed by atoms with Gasteiger partial charge in [0.15, 0.2) is 0 Å². The summed E-state index contributed by atoms with van der Waals surface area (Å²) in [7, 11) is 1.65. The van der Waals surface area contributed by atoms with Gasteiger partial charge in [0.05, 0.1) is 13.2 Å². The molecule has 1 saturated heterocycles. The summed E-state index contributed by atoms with van der Waals surface area (Å²) in [6.07, 6.45) is 2.52. The van der Waals surface area contributed by atoms with Gasteiger partial charge in [-0.25, -0.2) is 9.97 Å². The molecule has 0 bridgehead atoms. The van der Waals surface area contributed by atoms with Crippen molar-refractivity contribution in [2.45, 2.75) is 25.9 Å². The predicted octanol–water partition coefficient (Wildman–Crippen LogP) is 3.13. The third-order valence-electron chi connectivity index (χ3n) is 3.71. The Morgan fingerprint density at radius 2 is 2.13 bits per heavy atom. The minimum atomic E-state index is 0.278. The fraction of sp³-hybridized carbons (Fsp3) is 0.412. The number of nitrogens with one attached hydrogen (secondary N) is 2. The van der Waals surface area contributed by atoms with E-state index in [1.165, 1.54) is 0 Å². The lowest BCUT2D eigenvalue weighted by atomic mass is 10.2. The second kappa shape index (κ2) is 7.28. The van der Waals surface area contributed by atoms with Crippen LogP contribution in [0.25, 0.3) is 0 Å². The average molecular weight is 314 g/mol. The molecule has 1 fully saturated rings. The van der Waals surface area contributed by atoms with Crippen LogP contribution >= 0.6 is 0 Å². The summed E-state index contributed by atoms with van der Waals surface area (Å²) >= 11 is 0. The van der Waals surface area contributed by atoms with E-state index < -0.39 is 0 Å². The molecule has 122 valence electrons. The van der Waals surface area contributed by atoms with Gasteiger partial charge in [-0.3, -0.25) is 0 Å². The maximum atomic E-state index is 5.62. The molecule has 0 aliphatic carbocycles. The van der Waals surface area contributed by atoms with E-state index in [1.807, 2.05) is 37.3 Å². The molecule has 0 saturated carbocycles. The summed E-state index contributed by atoms with van der Waals surface area (Å²) in [6, 6.07) is 9.65. The van der Waals surface area contributed by atoms with E-state index in [-0.39, 0.29) is 6.10 Å². The second-order valence-corrected chi connectivity index (χ2v) is 5.56. The normalized spacial score (nSPS) is 17.0. The standard InChI is InChI=1S/C17H22N4O2/c1-12-19-16(18-11-15-7-4-8-23-15)10-17(20-12)21-13-5-3-6-14(9-13)22-2/h3,5-6,9-10,15H,4,7-8,11H2,1-2H3,(H2,18,19,20,21). The fourth-order valence-electron chi connectivity index (χ4n) is 2.59. The van der Waals surface area contributed by atoms with Crippen LogP contribution in [0.5, 0.6) is 5.75 Å². The van der Waals surface area contributed by atoms with E-state index >= 15 is 0 Å². The molecule has 3 rings (SSSR count). The van der Waals surface area contributed by atoms with E-state index in [0.717, 1.165) is 49.1 Å². The maximum absolute atomic E-state index is 5.62. The Morgan fingerprint density at radius 3 is 2.91 bits per heavy atom. The van der Waals surface area contributed by atoms with Gasteiger partial charge in [-0.05, 0) is 31.9 Å². The number of nitrogens with zero attached hydrogens (tertiary/aromatic N) is 2. The minimum Gasteiger partial charge on any atom is -0.497 e.